The molecule has 1 heterocycles. The number of nitro groups is 1. The van der Waals surface area contributed by atoms with Gasteiger partial charge in [-0.25, -0.2) is 4.90 Å². The summed E-state index contributed by atoms with van der Waals surface area (Å²) in [4.78, 5) is 52.9. The number of benzene rings is 3. The smallest absolute Gasteiger partial charge is 0.269 e. The molecule has 0 spiro atoms. The van der Waals surface area contributed by atoms with Crippen LogP contribution in [0.25, 0.3) is 0 Å². The Hall–Kier alpha value is -4.53. The number of aryl methyl sites for hydroxylation is 1. The average molecular weight is 488 g/mol. The van der Waals surface area contributed by atoms with Crippen LogP contribution >= 0.6 is 0 Å². The van der Waals surface area contributed by atoms with Crippen molar-refractivity contribution in [2.24, 2.45) is 0 Å². The van der Waals surface area contributed by atoms with Crippen molar-refractivity contribution < 1.29 is 24.0 Å². The second kappa shape index (κ2) is 10.4. The fourth-order valence-electron chi connectivity index (χ4n) is 4.09. The molecule has 9 heteroatoms. The molecule has 1 fully saturated rings. The van der Waals surface area contributed by atoms with Crippen molar-refractivity contribution in [1.29, 1.82) is 0 Å². The highest BCUT2D eigenvalue weighted by atomic mass is 16.6. The van der Waals surface area contributed by atoms with Crippen molar-refractivity contribution in [3.63, 3.8) is 0 Å². The van der Waals surface area contributed by atoms with Crippen molar-refractivity contribution in [3.05, 3.63) is 99.6 Å². The molecule has 184 valence electrons. The largest absolute Gasteiger partial charge is 0.494 e. The van der Waals surface area contributed by atoms with Gasteiger partial charge in [0.2, 0.25) is 5.91 Å². The van der Waals surface area contributed by atoms with Crippen LogP contribution in [0, 0.1) is 17.0 Å². The molecule has 3 amide bonds. The van der Waals surface area contributed by atoms with Crippen LogP contribution in [0.5, 0.6) is 5.75 Å². The maximum atomic E-state index is 13.6. The summed E-state index contributed by atoms with van der Waals surface area (Å²) in [7, 11) is 0. The predicted molar refractivity (Wildman–Crippen MR) is 133 cm³/mol. The molecule has 3 aromatic carbocycles. The zero-order valence-electron chi connectivity index (χ0n) is 19.9. The number of anilines is 1. The van der Waals surface area contributed by atoms with E-state index in [1.807, 2.05) is 38.1 Å². The average Bonchev–Trinajstić information content (AvgIpc) is 3.17. The molecule has 1 saturated heterocycles. The first-order valence-electron chi connectivity index (χ1n) is 11.5. The van der Waals surface area contributed by atoms with Gasteiger partial charge >= 0.3 is 0 Å². The van der Waals surface area contributed by atoms with E-state index in [4.69, 9.17) is 4.74 Å². The summed E-state index contributed by atoms with van der Waals surface area (Å²) in [5, 5.41) is 11.0. The Balaban J connectivity index is 1.65. The van der Waals surface area contributed by atoms with Gasteiger partial charge in [0.1, 0.15) is 11.8 Å². The Morgan fingerprint density at radius 1 is 1.03 bits per heavy atom. The fraction of sp³-hybridized carbons (Fsp3) is 0.222. The van der Waals surface area contributed by atoms with E-state index < -0.39 is 28.7 Å². The Morgan fingerprint density at radius 3 is 2.25 bits per heavy atom. The standard InChI is InChI=1S/C27H25N3O6/c1-3-36-23-14-12-21(13-15-23)29-25(31)16-24(27(29)33)28(17-19-6-4-18(2)5-7-19)26(32)20-8-10-22(11-9-20)30(34)35/h4-15,24H,3,16-17H2,1-2H3. The molecular weight excluding hydrogens is 462 g/mol. The number of carbonyl (C=O) groups excluding carboxylic acids is 3. The summed E-state index contributed by atoms with van der Waals surface area (Å²) >= 11 is 0. The second-order valence-corrected chi connectivity index (χ2v) is 8.44. The van der Waals surface area contributed by atoms with Gasteiger partial charge in [0.15, 0.2) is 0 Å². The van der Waals surface area contributed by atoms with E-state index in [-0.39, 0.29) is 24.2 Å². The molecule has 0 radical (unpaired) electrons. The predicted octanol–water partition coefficient (Wildman–Crippen LogP) is 4.28. The summed E-state index contributed by atoms with van der Waals surface area (Å²) < 4.78 is 5.43. The molecule has 36 heavy (non-hydrogen) atoms. The van der Waals surface area contributed by atoms with Gasteiger partial charge in [-0.2, -0.15) is 0 Å². The van der Waals surface area contributed by atoms with E-state index in [1.165, 1.54) is 29.2 Å². The van der Waals surface area contributed by atoms with Crippen LogP contribution in [0.3, 0.4) is 0 Å². The van der Waals surface area contributed by atoms with Gasteiger partial charge in [0.05, 0.1) is 23.6 Å². The molecule has 1 atom stereocenters. The lowest BCUT2D eigenvalue weighted by Crippen LogP contribution is -2.45. The first kappa shape index (κ1) is 24.6. The highest BCUT2D eigenvalue weighted by molar-refractivity contribution is 6.23. The van der Waals surface area contributed by atoms with E-state index in [0.29, 0.717) is 18.0 Å². The number of hydrogen-bond donors (Lipinski definition) is 0. The lowest BCUT2D eigenvalue weighted by atomic mass is 10.1. The SMILES string of the molecule is CCOc1ccc(N2C(=O)CC(N(Cc3ccc(C)cc3)C(=O)c3ccc([N+](=O)[O-])cc3)C2=O)cc1. The molecule has 0 saturated carbocycles. The normalized spacial score (nSPS) is 15.2. The van der Waals surface area contributed by atoms with Crippen molar-refractivity contribution >= 4 is 29.1 Å². The highest BCUT2D eigenvalue weighted by Crippen LogP contribution is 2.29. The van der Waals surface area contributed by atoms with Crippen LogP contribution in [-0.4, -0.2) is 40.2 Å². The zero-order valence-corrected chi connectivity index (χ0v) is 19.9. The molecule has 0 N–H and O–H groups in total. The second-order valence-electron chi connectivity index (χ2n) is 8.44. The van der Waals surface area contributed by atoms with Crippen LogP contribution in [0.4, 0.5) is 11.4 Å². The summed E-state index contributed by atoms with van der Waals surface area (Å²) in [6.45, 7) is 4.38. The molecule has 3 aromatic rings. The third-order valence-corrected chi connectivity index (χ3v) is 5.96. The fourth-order valence-corrected chi connectivity index (χ4v) is 4.09. The van der Waals surface area contributed by atoms with E-state index in [0.717, 1.165) is 16.0 Å². The van der Waals surface area contributed by atoms with Gasteiger partial charge in [0, 0.05) is 24.2 Å². The third-order valence-electron chi connectivity index (χ3n) is 5.96. The van der Waals surface area contributed by atoms with E-state index in [1.54, 1.807) is 24.3 Å². The number of amides is 3. The van der Waals surface area contributed by atoms with Crippen molar-refractivity contribution in [2.75, 3.05) is 11.5 Å². The van der Waals surface area contributed by atoms with Gasteiger partial charge in [0.25, 0.3) is 17.5 Å². The minimum absolute atomic E-state index is 0.0942. The molecule has 1 aliphatic heterocycles. The van der Waals surface area contributed by atoms with E-state index >= 15 is 0 Å². The first-order chi connectivity index (χ1) is 17.3. The van der Waals surface area contributed by atoms with Crippen LogP contribution in [0.2, 0.25) is 0 Å². The summed E-state index contributed by atoms with van der Waals surface area (Å²) in [5.74, 6) is -0.803. The zero-order chi connectivity index (χ0) is 25.8. The molecule has 9 nitrogen and oxygen atoms in total. The van der Waals surface area contributed by atoms with Crippen LogP contribution in [0.1, 0.15) is 34.8 Å². The quantitative estimate of drug-likeness (QED) is 0.267. The van der Waals surface area contributed by atoms with Crippen LogP contribution in [-0.2, 0) is 16.1 Å². The lowest BCUT2D eigenvalue weighted by molar-refractivity contribution is -0.384. The van der Waals surface area contributed by atoms with Crippen molar-refractivity contribution in [3.8, 4) is 5.75 Å². The van der Waals surface area contributed by atoms with Gasteiger partial charge < -0.3 is 9.64 Å². The molecule has 0 aliphatic carbocycles. The molecule has 1 aliphatic rings. The number of non-ortho nitro benzene ring substituents is 1. The monoisotopic (exact) mass is 487 g/mol. The number of nitro benzene ring substituents is 1. The molecular formula is C27H25N3O6. The first-order valence-corrected chi connectivity index (χ1v) is 11.5. The maximum absolute atomic E-state index is 13.6. The van der Waals surface area contributed by atoms with Gasteiger partial charge in [-0.15, -0.1) is 0 Å². The molecule has 0 bridgehead atoms. The van der Waals surface area contributed by atoms with Crippen LogP contribution < -0.4 is 9.64 Å². The lowest BCUT2D eigenvalue weighted by Gasteiger charge is -2.28. The van der Waals surface area contributed by atoms with Gasteiger partial charge in [-0.05, 0) is 55.8 Å². The minimum Gasteiger partial charge on any atom is -0.494 e. The Bertz CT molecular complexity index is 1290. The Morgan fingerprint density at radius 2 is 1.67 bits per heavy atom. The van der Waals surface area contributed by atoms with Crippen LogP contribution in [0.15, 0.2) is 72.8 Å². The Kier molecular flexibility index (Phi) is 7.10. The van der Waals surface area contributed by atoms with Gasteiger partial charge in [-0.3, -0.25) is 24.5 Å². The van der Waals surface area contributed by atoms with Crippen molar-refractivity contribution in [2.45, 2.75) is 32.9 Å². The molecule has 1 unspecified atom stereocenters. The number of nitrogens with zero attached hydrogens (tertiary/aromatic N) is 3. The third kappa shape index (κ3) is 5.10. The topological polar surface area (TPSA) is 110 Å². The van der Waals surface area contributed by atoms with Crippen molar-refractivity contribution in [1.82, 2.24) is 4.90 Å². The summed E-state index contributed by atoms with van der Waals surface area (Å²) in [6, 6.07) is 18.3. The van der Waals surface area contributed by atoms with E-state index in [9.17, 15) is 24.5 Å². The summed E-state index contributed by atoms with van der Waals surface area (Å²) in [6.07, 6.45) is -0.170. The number of carbonyl (C=O) groups is 3. The number of rotatable bonds is 8. The number of hydrogen-bond acceptors (Lipinski definition) is 6. The number of imide groups is 1. The number of ether oxygens (including phenoxy) is 1. The highest BCUT2D eigenvalue weighted by Gasteiger charge is 2.44. The Labute approximate surface area is 208 Å². The maximum Gasteiger partial charge on any atom is 0.269 e. The molecule has 4 rings (SSSR count). The minimum atomic E-state index is -1.02. The van der Waals surface area contributed by atoms with Gasteiger partial charge in [-0.1, -0.05) is 29.8 Å². The molecule has 0 aromatic heterocycles. The van der Waals surface area contributed by atoms with E-state index in [2.05, 4.69) is 0 Å². The summed E-state index contributed by atoms with van der Waals surface area (Å²) in [5.41, 5.74) is 2.27.